The van der Waals surface area contributed by atoms with Gasteiger partial charge in [-0.15, -0.1) is 0 Å². The summed E-state index contributed by atoms with van der Waals surface area (Å²) in [6.07, 6.45) is 3.81. The molecule has 0 spiro atoms. The van der Waals surface area contributed by atoms with Crippen molar-refractivity contribution in [1.29, 1.82) is 0 Å². The van der Waals surface area contributed by atoms with Crippen LogP contribution in [0.25, 0.3) is 0 Å². The van der Waals surface area contributed by atoms with Gasteiger partial charge in [0.25, 0.3) is 0 Å². The van der Waals surface area contributed by atoms with Crippen LogP contribution < -0.4 is 0 Å². The van der Waals surface area contributed by atoms with Crippen LogP contribution in [0.5, 0.6) is 0 Å². The van der Waals surface area contributed by atoms with E-state index in [0.29, 0.717) is 0 Å². The molecule has 1 heterocycles. The second-order valence-electron chi connectivity index (χ2n) is 4.02. The molecule has 0 unspecified atom stereocenters. The van der Waals surface area contributed by atoms with Gasteiger partial charge in [0, 0.05) is 12.5 Å². The molecular formula is C11H21NO2. The third kappa shape index (κ3) is 2.27. The largest absolute Gasteiger partial charge is 0.394 e. The molecule has 82 valence electrons. The summed E-state index contributed by atoms with van der Waals surface area (Å²) in [5.41, 5.74) is 0. The maximum atomic E-state index is 12.0. The smallest absolute Gasteiger partial charge is 0.225 e. The average Bonchev–Trinajstić information content (AvgIpc) is 2.67. The van der Waals surface area contributed by atoms with Gasteiger partial charge < -0.3 is 10.0 Å². The van der Waals surface area contributed by atoms with Gasteiger partial charge in [0.15, 0.2) is 0 Å². The van der Waals surface area contributed by atoms with Gasteiger partial charge >= 0.3 is 0 Å². The van der Waals surface area contributed by atoms with E-state index in [9.17, 15) is 4.79 Å². The highest BCUT2D eigenvalue weighted by Crippen LogP contribution is 2.21. The van der Waals surface area contributed by atoms with Crippen molar-refractivity contribution in [3.8, 4) is 0 Å². The van der Waals surface area contributed by atoms with Crippen LogP contribution in [0.2, 0.25) is 0 Å². The normalized spacial score (nSPS) is 22.0. The number of rotatable bonds is 4. The van der Waals surface area contributed by atoms with E-state index in [-0.39, 0.29) is 24.5 Å². The van der Waals surface area contributed by atoms with E-state index < -0.39 is 0 Å². The first-order valence-corrected chi connectivity index (χ1v) is 5.65. The summed E-state index contributed by atoms with van der Waals surface area (Å²) in [6, 6.07) is 0.0862. The van der Waals surface area contributed by atoms with Crippen molar-refractivity contribution >= 4 is 5.91 Å². The van der Waals surface area contributed by atoms with Crippen LogP contribution in [-0.2, 0) is 4.79 Å². The lowest BCUT2D eigenvalue weighted by molar-refractivity contribution is -0.137. The Balaban J connectivity index is 2.58. The predicted molar refractivity (Wildman–Crippen MR) is 55.9 cm³/mol. The van der Waals surface area contributed by atoms with Crippen LogP contribution in [0.4, 0.5) is 0 Å². The zero-order valence-corrected chi connectivity index (χ0v) is 9.20. The molecule has 3 nitrogen and oxygen atoms in total. The van der Waals surface area contributed by atoms with Crippen LogP contribution in [0, 0.1) is 5.92 Å². The Morgan fingerprint density at radius 3 is 2.64 bits per heavy atom. The lowest BCUT2D eigenvalue weighted by Crippen LogP contribution is -2.41. The molecule has 1 aliphatic rings. The van der Waals surface area contributed by atoms with E-state index in [1.54, 1.807) is 0 Å². The number of hydrogen-bond acceptors (Lipinski definition) is 2. The minimum Gasteiger partial charge on any atom is -0.394 e. The Hall–Kier alpha value is -0.570. The van der Waals surface area contributed by atoms with Crippen LogP contribution in [0.15, 0.2) is 0 Å². The molecule has 1 atom stereocenters. The van der Waals surface area contributed by atoms with Crippen molar-refractivity contribution in [3.63, 3.8) is 0 Å². The predicted octanol–water partition coefficient (Wildman–Crippen LogP) is 1.41. The maximum Gasteiger partial charge on any atom is 0.225 e. The molecule has 3 heteroatoms. The van der Waals surface area contributed by atoms with Crippen LogP contribution in [0.1, 0.15) is 39.5 Å². The Bertz CT molecular complexity index is 190. The summed E-state index contributed by atoms with van der Waals surface area (Å²) < 4.78 is 0. The zero-order valence-electron chi connectivity index (χ0n) is 9.20. The van der Waals surface area contributed by atoms with Gasteiger partial charge in [0.2, 0.25) is 5.91 Å². The highest BCUT2D eigenvalue weighted by molar-refractivity contribution is 5.79. The van der Waals surface area contributed by atoms with Gasteiger partial charge in [-0.3, -0.25) is 4.79 Å². The third-order valence-electron chi connectivity index (χ3n) is 3.21. The number of aliphatic hydroxyl groups excluding tert-OH is 1. The molecule has 0 saturated carbocycles. The molecule has 0 aromatic heterocycles. The molecule has 1 fully saturated rings. The van der Waals surface area contributed by atoms with Gasteiger partial charge in [-0.05, 0) is 25.7 Å². The molecule has 1 aliphatic heterocycles. The van der Waals surface area contributed by atoms with Gasteiger partial charge in [0.05, 0.1) is 12.6 Å². The van der Waals surface area contributed by atoms with E-state index in [1.165, 1.54) is 0 Å². The number of likely N-dealkylation sites (tertiary alicyclic amines) is 1. The summed E-state index contributed by atoms with van der Waals surface area (Å²) >= 11 is 0. The second-order valence-corrected chi connectivity index (χ2v) is 4.02. The number of aliphatic hydroxyl groups is 1. The van der Waals surface area contributed by atoms with E-state index in [0.717, 1.165) is 32.2 Å². The van der Waals surface area contributed by atoms with Crippen LogP contribution in [-0.4, -0.2) is 35.1 Å². The average molecular weight is 199 g/mol. The lowest BCUT2D eigenvalue weighted by Gasteiger charge is -2.26. The highest BCUT2D eigenvalue weighted by Gasteiger charge is 2.30. The topological polar surface area (TPSA) is 40.5 Å². The van der Waals surface area contributed by atoms with Gasteiger partial charge in [-0.1, -0.05) is 13.8 Å². The number of hydrogen-bond donors (Lipinski definition) is 1. The highest BCUT2D eigenvalue weighted by atomic mass is 16.3. The molecule has 0 aliphatic carbocycles. The van der Waals surface area contributed by atoms with Gasteiger partial charge in [0.1, 0.15) is 0 Å². The zero-order chi connectivity index (χ0) is 10.6. The van der Waals surface area contributed by atoms with Gasteiger partial charge in [-0.2, -0.15) is 0 Å². The number of amides is 1. The summed E-state index contributed by atoms with van der Waals surface area (Å²) in [7, 11) is 0. The number of carbonyl (C=O) groups excluding carboxylic acids is 1. The van der Waals surface area contributed by atoms with E-state index in [4.69, 9.17) is 5.11 Å². The molecule has 0 aromatic rings. The van der Waals surface area contributed by atoms with Crippen molar-refractivity contribution in [2.75, 3.05) is 13.2 Å². The lowest BCUT2D eigenvalue weighted by atomic mass is 10.0. The maximum absolute atomic E-state index is 12.0. The molecule has 1 rings (SSSR count). The number of nitrogens with zero attached hydrogens (tertiary/aromatic N) is 1. The molecule has 1 saturated heterocycles. The molecule has 14 heavy (non-hydrogen) atoms. The molecule has 0 bridgehead atoms. The second kappa shape index (κ2) is 5.35. The monoisotopic (exact) mass is 199 g/mol. The third-order valence-corrected chi connectivity index (χ3v) is 3.21. The molecular weight excluding hydrogens is 178 g/mol. The minimum atomic E-state index is 0.0862. The summed E-state index contributed by atoms with van der Waals surface area (Å²) in [5.74, 6) is 0.397. The van der Waals surface area contributed by atoms with Crippen molar-refractivity contribution in [2.45, 2.75) is 45.6 Å². The van der Waals surface area contributed by atoms with Crippen molar-refractivity contribution in [1.82, 2.24) is 4.90 Å². The fraction of sp³-hybridized carbons (Fsp3) is 0.909. The van der Waals surface area contributed by atoms with Crippen LogP contribution >= 0.6 is 0 Å². The standard InChI is InChI=1S/C11H21NO2/c1-3-9(4-2)11(14)12-7-5-6-10(12)8-13/h9-10,13H,3-8H2,1-2H3/t10-/m0/s1. The fourth-order valence-corrected chi connectivity index (χ4v) is 2.19. The first-order chi connectivity index (χ1) is 6.74. The Morgan fingerprint density at radius 2 is 2.14 bits per heavy atom. The van der Waals surface area contributed by atoms with Gasteiger partial charge in [-0.25, -0.2) is 0 Å². The van der Waals surface area contributed by atoms with Crippen LogP contribution in [0.3, 0.4) is 0 Å². The summed E-state index contributed by atoms with van der Waals surface area (Å²) in [4.78, 5) is 13.9. The summed E-state index contributed by atoms with van der Waals surface area (Å²) in [5, 5.41) is 9.12. The summed E-state index contributed by atoms with van der Waals surface area (Å²) in [6.45, 7) is 5.05. The SMILES string of the molecule is CCC(CC)C(=O)N1CCC[C@H]1CO. The fourth-order valence-electron chi connectivity index (χ4n) is 2.19. The van der Waals surface area contributed by atoms with E-state index in [1.807, 2.05) is 4.90 Å². The Labute approximate surface area is 86.1 Å². The Kier molecular flexibility index (Phi) is 4.39. The van der Waals surface area contributed by atoms with Crippen molar-refractivity contribution in [3.05, 3.63) is 0 Å². The molecule has 1 amide bonds. The molecule has 1 N–H and O–H groups in total. The Morgan fingerprint density at radius 1 is 1.50 bits per heavy atom. The quantitative estimate of drug-likeness (QED) is 0.743. The first-order valence-electron chi connectivity index (χ1n) is 5.65. The van der Waals surface area contributed by atoms with Crippen molar-refractivity contribution < 1.29 is 9.90 Å². The van der Waals surface area contributed by atoms with Crippen molar-refractivity contribution in [2.24, 2.45) is 5.92 Å². The first kappa shape index (κ1) is 11.5. The molecule has 0 radical (unpaired) electrons. The molecule has 0 aromatic carbocycles. The minimum absolute atomic E-state index is 0.0862. The van der Waals surface area contributed by atoms with E-state index >= 15 is 0 Å². The van der Waals surface area contributed by atoms with E-state index in [2.05, 4.69) is 13.8 Å². The number of carbonyl (C=O) groups is 1.